The van der Waals surface area contributed by atoms with Gasteiger partial charge in [0, 0.05) is 12.1 Å². The Balaban J connectivity index is 2.29. The molecule has 2 N–H and O–H groups in total. The molecule has 2 aromatic carbocycles. The van der Waals surface area contributed by atoms with E-state index in [4.69, 9.17) is 4.74 Å². The van der Waals surface area contributed by atoms with Crippen LogP contribution in [0, 0.1) is 7.14 Å². The fraction of sp³-hybridized carbons (Fsp3) is 0.381. The van der Waals surface area contributed by atoms with Gasteiger partial charge in [0.25, 0.3) is 0 Å². The van der Waals surface area contributed by atoms with Crippen LogP contribution in [0.15, 0.2) is 36.4 Å². The van der Waals surface area contributed by atoms with Gasteiger partial charge in [-0.2, -0.15) is 0 Å². The molecule has 0 heterocycles. The highest BCUT2D eigenvalue weighted by Crippen LogP contribution is 2.34. The van der Waals surface area contributed by atoms with Crippen molar-refractivity contribution in [1.82, 2.24) is 4.90 Å². The molecule has 0 unspecified atom stereocenters. The zero-order chi connectivity index (χ0) is 21.0. The summed E-state index contributed by atoms with van der Waals surface area (Å²) < 4.78 is 7.80. The third-order valence-corrected chi connectivity index (χ3v) is 5.98. The Morgan fingerprint density at radius 2 is 1.54 bits per heavy atom. The third kappa shape index (κ3) is 5.96. The van der Waals surface area contributed by atoms with E-state index in [2.05, 4.69) is 45.2 Å². The molecule has 0 bridgehead atoms. The van der Waals surface area contributed by atoms with Crippen molar-refractivity contribution in [1.29, 1.82) is 0 Å². The number of hydrogen-bond donors (Lipinski definition) is 2. The molecule has 28 heavy (non-hydrogen) atoms. The van der Waals surface area contributed by atoms with Crippen LogP contribution in [0.4, 0.5) is 0 Å². The van der Waals surface area contributed by atoms with E-state index in [1.165, 1.54) is 0 Å². The second kappa shape index (κ2) is 10.1. The number of phenolic OH excluding ortho intramolecular Hbond substituents is 1. The standard InChI is InChI=1S/C21H25I2NO4/c1-12(2)24(13(3)4)19(21(26)27)11-14-9-17(22)20(18(23)10-14)28-16-7-5-15(25)6-8-16/h5-10,12-13,19,25H,11H2,1-4H3,(H,26,27)/t19-/m0/s1. The first-order valence-electron chi connectivity index (χ1n) is 9.05. The Morgan fingerprint density at radius 3 is 1.96 bits per heavy atom. The number of carbonyl (C=O) groups is 1. The van der Waals surface area contributed by atoms with Crippen molar-refractivity contribution in [3.05, 3.63) is 49.1 Å². The van der Waals surface area contributed by atoms with E-state index in [9.17, 15) is 15.0 Å². The number of halogens is 2. The van der Waals surface area contributed by atoms with Crippen molar-refractivity contribution >= 4 is 51.2 Å². The van der Waals surface area contributed by atoms with E-state index >= 15 is 0 Å². The van der Waals surface area contributed by atoms with E-state index in [1.807, 2.05) is 44.7 Å². The van der Waals surface area contributed by atoms with Crippen LogP contribution in [0.5, 0.6) is 17.2 Å². The van der Waals surface area contributed by atoms with Gasteiger partial charge in [0.1, 0.15) is 17.5 Å². The molecule has 0 spiro atoms. The summed E-state index contributed by atoms with van der Waals surface area (Å²) in [6.45, 7) is 8.10. The van der Waals surface area contributed by atoms with Gasteiger partial charge in [0.15, 0.2) is 5.75 Å². The minimum atomic E-state index is -0.808. The number of rotatable bonds is 8. The molecule has 0 amide bonds. The largest absolute Gasteiger partial charge is 0.508 e. The zero-order valence-electron chi connectivity index (χ0n) is 16.3. The normalized spacial score (nSPS) is 12.6. The second-order valence-corrected chi connectivity index (χ2v) is 9.50. The van der Waals surface area contributed by atoms with Gasteiger partial charge < -0.3 is 14.9 Å². The maximum atomic E-state index is 12.0. The zero-order valence-corrected chi connectivity index (χ0v) is 20.6. The Kier molecular flexibility index (Phi) is 8.38. The van der Waals surface area contributed by atoms with Crippen molar-refractivity contribution in [2.24, 2.45) is 0 Å². The second-order valence-electron chi connectivity index (χ2n) is 7.18. The molecule has 5 nitrogen and oxygen atoms in total. The Morgan fingerprint density at radius 1 is 1.04 bits per heavy atom. The van der Waals surface area contributed by atoms with Gasteiger partial charge in [-0.25, -0.2) is 0 Å². The van der Waals surface area contributed by atoms with E-state index < -0.39 is 12.0 Å². The average Bonchev–Trinajstić information content (AvgIpc) is 2.58. The predicted molar refractivity (Wildman–Crippen MR) is 127 cm³/mol. The van der Waals surface area contributed by atoms with E-state index in [0.717, 1.165) is 18.5 Å². The summed E-state index contributed by atoms with van der Waals surface area (Å²) in [5, 5.41) is 19.2. The maximum Gasteiger partial charge on any atom is 0.321 e. The molecular weight excluding hydrogens is 584 g/mol. The fourth-order valence-electron chi connectivity index (χ4n) is 3.32. The van der Waals surface area contributed by atoms with Crippen LogP contribution >= 0.6 is 45.2 Å². The van der Waals surface area contributed by atoms with Crippen molar-refractivity contribution in [3.63, 3.8) is 0 Å². The van der Waals surface area contributed by atoms with Crippen molar-refractivity contribution in [2.75, 3.05) is 0 Å². The van der Waals surface area contributed by atoms with Crippen LogP contribution in [0.1, 0.15) is 33.3 Å². The quantitative estimate of drug-likeness (QED) is 0.387. The molecule has 0 radical (unpaired) electrons. The Bertz CT molecular complexity index is 791. The first-order chi connectivity index (χ1) is 13.1. The molecule has 0 fully saturated rings. The Hall–Kier alpha value is -1.07. The maximum absolute atomic E-state index is 12.0. The lowest BCUT2D eigenvalue weighted by Crippen LogP contribution is -2.50. The molecule has 0 aromatic heterocycles. The molecule has 0 aliphatic carbocycles. The molecule has 152 valence electrons. The molecule has 2 rings (SSSR count). The average molecular weight is 609 g/mol. The lowest BCUT2D eigenvalue weighted by atomic mass is 10.0. The summed E-state index contributed by atoms with van der Waals surface area (Å²) in [5.41, 5.74) is 0.963. The van der Waals surface area contributed by atoms with E-state index in [-0.39, 0.29) is 17.8 Å². The molecular formula is C21H25I2NO4. The molecule has 2 aromatic rings. The third-order valence-electron chi connectivity index (χ3n) is 4.38. The monoisotopic (exact) mass is 609 g/mol. The number of hydrogen-bond acceptors (Lipinski definition) is 4. The van der Waals surface area contributed by atoms with Crippen LogP contribution in [-0.4, -0.2) is 39.2 Å². The van der Waals surface area contributed by atoms with Gasteiger partial charge in [0.2, 0.25) is 0 Å². The smallest absolute Gasteiger partial charge is 0.321 e. The number of ether oxygens (including phenoxy) is 1. The number of aliphatic carboxylic acids is 1. The number of benzene rings is 2. The van der Waals surface area contributed by atoms with Crippen LogP contribution in [0.3, 0.4) is 0 Å². The van der Waals surface area contributed by atoms with Crippen LogP contribution in [0.2, 0.25) is 0 Å². The van der Waals surface area contributed by atoms with Gasteiger partial charge in [0.05, 0.1) is 7.14 Å². The van der Waals surface area contributed by atoms with E-state index in [0.29, 0.717) is 12.2 Å². The summed E-state index contributed by atoms with van der Waals surface area (Å²) in [6.07, 6.45) is 0.428. The predicted octanol–water partition coefficient (Wildman–Crippen LogP) is 5.51. The number of carboxylic acid groups (broad SMARTS) is 1. The number of phenols is 1. The molecule has 0 saturated heterocycles. The molecule has 0 aliphatic rings. The summed E-state index contributed by atoms with van der Waals surface area (Å²) in [7, 11) is 0. The molecule has 0 aliphatic heterocycles. The van der Waals surface area contributed by atoms with Crippen LogP contribution in [-0.2, 0) is 11.2 Å². The first-order valence-corrected chi connectivity index (χ1v) is 11.2. The number of nitrogens with zero attached hydrogens (tertiary/aromatic N) is 1. The van der Waals surface area contributed by atoms with Crippen molar-refractivity contribution in [3.8, 4) is 17.2 Å². The fourth-order valence-corrected chi connectivity index (χ4v) is 5.44. The van der Waals surface area contributed by atoms with Crippen molar-refractivity contribution in [2.45, 2.75) is 52.2 Å². The van der Waals surface area contributed by atoms with Gasteiger partial charge >= 0.3 is 5.97 Å². The highest BCUT2D eigenvalue weighted by molar-refractivity contribution is 14.1. The molecule has 7 heteroatoms. The Labute approximate surface area is 193 Å². The van der Waals surface area contributed by atoms with Gasteiger partial charge in [-0.3, -0.25) is 9.69 Å². The minimum Gasteiger partial charge on any atom is -0.508 e. The van der Waals surface area contributed by atoms with Crippen LogP contribution < -0.4 is 4.74 Å². The lowest BCUT2D eigenvalue weighted by Gasteiger charge is -2.36. The van der Waals surface area contributed by atoms with Gasteiger partial charge in [-0.05, 0) is 121 Å². The van der Waals surface area contributed by atoms with Crippen LogP contribution in [0.25, 0.3) is 0 Å². The van der Waals surface area contributed by atoms with Crippen molar-refractivity contribution < 1.29 is 19.7 Å². The first kappa shape index (κ1) is 23.2. The van der Waals surface area contributed by atoms with Gasteiger partial charge in [-0.15, -0.1) is 0 Å². The molecule has 0 saturated carbocycles. The topological polar surface area (TPSA) is 70.0 Å². The lowest BCUT2D eigenvalue weighted by molar-refractivity contribution is -0.145. The molecule has 1 atom stereocenters. The van der Waals surface area contributed by atoms with Gasteiger partial charge in [-0.1, -0.05) is 0 Å². The SMILES string of the molecule is CC(C)N(C(C)C)[C@@H](Cc1cc(I)c(Oc2ccc(O)cc2)c(I)c1)C(=O)O. The summed E-state index contributed by atoms with van der Waals surface area (Å²) in [6, 6.07) is 10.2. The highest BCUT2D eigenvalue weighted by atomic mass is 127. The minimum absolute atomic E-state index is 0.136. The summed E-state index contributed by atoms with van der Waals surface area (Å²) in [4.78, 5) is 14.0. The summed E-state index contributed by atoms with van der Waals surface area (Å²) in [5.74, 6) is 0.742. The van der Waals surface area contributed by atoms with E-state index in [1.54, 1.807) is 24.3 Å². The number of carboxylic acids is 1. The summed E-state index contributed by atoms with van der Waals surface area (Å²) >= 11 is 4.43. The number of aromatic hydroxyl groups is 1. The highest BCUT2D eigenvalue weighted by Gasteiger charge is 2.30.